The number of esters is 2. The SMILES string of the molecule is CCCCCCCC/C=C\CCCCCCCCCCCC(=O)O[C@H](COC(=O)CCCCCCCCCCCCCCCCCCCCCCC)COP(=O)(O)OC[C@H](N)C(=O)O. The molecule has 0 aliphatic carbocycles. The lowest BCUT2D eigenvalue weighted by Gasteiger charge is -2.20. The van der Waals surface area contributed by atoms with Crippen LogP contribution in [0.25, 0.3) is 0 Å². The zero-order chi connectivity index (χ0) is 47.0. The zero-order valence-electron chi connectivity index (χ0n) is 41.4. The maximum absolute atomic E-state index is 12.7. The van der Waals surface area contributed by atoms with E-state index in [0.29, 0.717) is 12.8 Å². The Labute approximate surface area is 392 Å². The van der Waals surface area contributed by atoms with Gasteiger partial charge >= 0.3 is 25.7 Å². The van der Waals surface area contributed by atoms with Crippen LogP contribution >= 0.6 is 7.82 Å². The van der Waals surface area contributed by atoms with Crippen molar-refractivity contribution in [2.45, 2.75) is 283 Å². The van der Waals surface area contributed by atoms with Crippen molar-refractivity contribution in [3.8, 4) is 0 Å². The van der Waals surface area contributed by atoms with Crippen molar-refractivity contribution in [3.05, 3.63) is 12.2 Å². The van der Waals surface area contributed by atoms with Crippen molar-refractivity contribution in [1.82, 2.24) is 0 Å². The van der Waals surface area contributed by atoms with Crippen molar-refractivity contribution < 1.29 is 47.5 Å². The number of unbranched alkanes of at least 4 members (excludes halogenated alkanes) is 35. The van der Waals surface area contributed by atoms with E-state index in [2.05, 4.69) is 26.0 Å². The number of allylic oxidation sites excluding steroid dienone is 2. The van der Waals surface area contributed by atoms with Gasteiger partial charge in [0.2, 0.25) is 0 Å². The summed E-state index contributed by atoms with van der Waals surface area (Å²) >= 11 is 0. The van der Waals surface area contributed by atoms with E-state index < -0.39 is 51.1 Å². The summed E-state index contributed by atoms with van der Waals surface area (Å²) in [6.07, 6.45) is 51.3. The first-order valence-electron chi connectivity index (χ1n) is 26.7. The topological polar surface area (TPSA) is 172 Å². The van der Waals surface area contributed by atoms with Crippen LogP contribution < -0.4 is 5.73 Å². The Balaban J connectivity index is 4.18. The minimum atomic E-state index is -4.72. The standard InChI is InChI=1S/C52H100NO10P/c1-3-5-7-9-11-13-15-17-19-21-23-24-26-27-29-31-33-35-37-39-41-43-50(54)60-45-48(46-61-64(58,59)62-47-49(53)52(56)57)63-51(55)44-42-40-38-36-34-32-30-28-25-22-20-18-16-14-12-10-8-6-4-2/h18,20,48-49H,3-17,19,21-47,53H2,1-2H3,(H,56,57)(H,58,59)/b20-18-/t48-,49+/m1/s1. The van der Waals surface area contributed by atoms with E-state index in [1.54, 1.807) is 0 Å². The second-order valence-corrected chi connectivity index (χ2v) is 19.8. The van der Waals surface area contributed by atoms with Crippen molar-refractivity contribution in [1.29, 1.82) is 0 Å². The number of carbonyl (C=O) groups excluding carboxylic acids is 2. The molecule has 0 bridgehead atoms. The van der Waals surface area contributed by atoms with Gasteiger partial charge in [0.25, 0.3) is 0 Å². The third-order valence-electron chi connectivity index (χ3n) is 12.0. The number of carbonyl (C=O) groups is 3. The molecule has 0 saturated carbocycles. The molecule has 0 radical (unpaired) electrons. The highest BCUT2D eigenvalue weighted by Crippen LogP contribution is 2.43. The molecule has 0 aliphatic heterocycles. The summed E-state index contributed by atoms with van der Waals surface area (Å²) in [6.45, 7) is 2.86. The first kappa shape index (κ1) is 62.2. The van der Waals surface area contributed by atoms with E-state index >= 15 is 0 Å². The molecule has 0 fully saturated rings. The van der Waals surface area contributed by atoms with Crippen LogP contribution in [-0.4, -0.2) is 59.9 Å². The molecular formula is C52H100NO10P. The van der Waals surface area contributed by atoms with E-state index in [9.17, 15) is 23.8 Å². The van der Waals surface area contributed by atoms with Crippen molar-refractivity contribution in [2.75, 3.05) is 19.8 Å². The Morgan fingerprint density at radius 2 is 0.781 bits per heavy atom. The highest BCUT2D eigenvalue weighted by Gasteiger charge is 2.28. The van der Waals surface area contributed by atoms with Gasteiger partial charge in [-0.1, -0.05) is 231 Å². The number of carboxylic acid groups (broad SMARTS) is 1. The van der Waals surface area contributed by atoms with Gasteiger partial charge < -0.3 is 25.2 Å². The smallest absolute Gasteiger partial charge is 0.472 e. The van der Waals surface area contributed by atoms with Crippen LogP contribution in [0.1, 0.15) is 271 Å². The van der Waals surface area contributed by atoms with Gasteiger partial charge in [0.05, 0.1) is 13.2 Å². The Hall–Kier alpha value is -1.78. The molecular weight excluding hydrogens is 830 g/mol. The number of ether oxygens (including phenoxy) is 2. The fraction of sp³-hybridized carbons (Fsp3) is 0.904. The highest BCUT2D eigenvalue weighted by atomic mass is 31.2. The van der Waals surface area contributed by atoms with Gasteiger partial charge in [-0.05, 0) is 38.5 Å². The molecule has 12 heteroatoms. The summed E-state index contributed by atoms with van der Waals surface area (Å²) in [5.41, 5.74) is 5.36. The lowest BCUT2D eigenvalue weighted by Crippen LogP contribution is -2.34. The monoisotopic (exact) mass is 930 g/mol. The van der Waals surface area contributed by atoms with E-state index in [-0.39, 0.29) is 19.4 Å². The largest absolute Gasteiger partial charge is 0.480 e. The van der Waals surface area contributed by atoms with Crippen LogP contribution in [0.3, 0.4) is 0 Å². The number of hydrogen-bond acceptors (Lipinski definition) is 9. The Morgan fingerprint density at radius 1 is 0.469 bits per heavy atom. The van der Waals surface area contributed by atoms with Crippen LogP contribution in [0.15, 0.2) is 12.2 Å². The van der Waals surface area contributed by atoms with Gasteiger partial charge in [-0.15, -0.1) is 0 Å². The number of nitrogens with two attached hydrogens (primary N) is 1. The minimum Gasteiger partial charge on any atom is -0.480 e. The molecule has 11 nitrogen and oxygen atoms in total. The van der Waals surface area contributed by atoms with Gasteiger partial charge in [-0.3, -0.25) is 23.4 Å². The molecule has 1 unspecified atom stereocenters. The Kier molecular flexibility index (Phi) is 46.4. The highest BCUT2D eigenvalue weighted by molar-refractivity contribution is 7.47. The summed E-state index contributed by atoms with van der Waals surface area (Å²) in [4.78, 5) is 46.2. The maximum atomic E-state index is 12.7. The minimum absolute atomic E-state index is 0.164. The maximum Gasteiger partial charge on any atom is 0.472 e. The number of carboxylic acids is 1. The molecule has 3 atom stereocenters. The van der Waals surface area contributed by atoms with Crippen LogP contribution in [0.5, 0.6) is 0 Å². The molecule has 0 saturated heterocycles. The molecule has 0 aliphatic rings. The summed E-state index contributed by atoms with van der Waals surface area (Å²) < 4.78 is 32.9. The fourth-order valence-corrected chi connectivity index (χ4v) is 8.61. The molecule has 64 heavy (non-hydrogen) atoms. The fourth-order valence-electron chi connectivity index (χ4n) is 7.83. The van der Waals surface area contributed by atoms with Crippen LogP contribution in [0.2, 0.25) is 0 Å². The second kappa shape index (κ2) is 47.7. The predicted octanol–water partition coefficient (Wildman–Crippen LogP) is 15.2. The summed E-state index contributed by atoms with van der Waals surface area (Å²) in [5, 5.41) is 8.93. The number of phosphoric acid groups is 1. The first-order valence-corrected chi connectivity index (χ1v) is 28.2. The zero-order valence-corrected chi connectivity index (χ0v) is 42.3. The lowest BCUT2D eigenvalue weighted by molar-refractivity contribution is -0.161. The summed E-state index contributed by atoms with van der Waals surface area (Å²) in [5.74, 6) is -2.36. The summed E-state index contributed by atoms with van der Waals surface area (Å²) in [6, 6.07) is -1.52. The number of phosphoric ester groups is 1. The van der Waals surface area contributed by atoms with Gasteiger partial charge in [0.1, 0.15) is 12.6 Å². The van der Waals surface area contributed by atoms with Crippen LogP contribution in [0.4, 0.5) is 0 Å². The third-order valence-corrected chi connectivity index (χ3v) is 13.0. The molecule has 0 spiro atoms. The average Bonchev–Trinajstić information content (AvgIpc) is 3.27. The van der Waals surface area contributed by atoms with Gasteiger partial charge in [0, 0.05) is 12.8 Å². The number of hydrogen-bond donors (Lipinski definition) is 3. The Morgan fingerprint density at radius 3 is 1.14 bits per heavy atom. The van der Waals surface area contributed by atoms with Gasteiger partial charge in [-0.2, -0.15) is 0 Å². The third kappa shape index (κ3) is 46.7. The molecule has 0 rings (SSSR count). The van der Waals surface area contributed by atoms with E-state index in [1.165, 1.54) is 193 Å². The molecule has 378 valence electrons. The van der Waals surface area contributed by atoms with Gasteiger partial charge in [-0.25, -0.2) is 4.57 Å². The quantitative estimate of drug-likeness (QED) is 0.0229. The molecule has 4 N–H and O–H groups in total. The van der Waals surface area contributed by atoms with Crippen molar-refractivity contribution in [2.24, 2.45) is 5.73 Å². The normalized spacial score (nSPS) is 13.6. The van der Waals surface area contributed by atoms with Crippen molar-refractivity contribution in [3.63, 3.8) is 0 Å². The van der Waals surface area contributed by atoms with Crippen molar-refractivity contribution >= 4 is 25.7 Å². The molecule has 0 aromatic heterocycles. The van der Waals surface area contributed by atoms with Crippen LogP contribution in [0, 0.1) is 0 Å². The van der Waals surface area contributed by atoms with E-state index in [1.807, 2.05) is 0 Å². The van der Waals surface area contributed by atoms with E-state index in [4.69, 9.17) is 29.4 Å². The Bertz CT molecular complexity index is 1140. The van der Waals surface area contributed by atoms with E-state index in [0.717, 1.165) is 38.5 Å². The predicted molar refractivity (Wildman–Crippen MR) is 263 cm³/mol. The van der Waals surface area contributed by atoms with Gasteiger partial charge in [0.15, 0.2) is 6.10 Å². The molecule has 0 aromatic rings. The summed E-state index contributed by atoms with van der Waals surface area (Å²) in [7, 11) is -4.72. The molecule has 0 heterocycles. The molecule has 0 amide bonds. The van der Waals surface area contributed by atoms with Crippen LogP contribution in [-0.2, 0) is 37.5 Å². The number of aliphatic carboxylic acids is 1. The first-order chi connectivity index (χ1) is 31.1. The molecule has 0 aromatic carbocycles. The lowest BCUT2D eigenvalue weighted by atomic mass is 10.0. The second-order valence-electron chi connectivity index (χ2n) is 18.4. The number of rotatable bonds is 51. The average molecular weight is 930 g/mol.